The SMILES string of the molecule is COc1ccc2c(c1)C1=C(CC2)C(c2cccnc2)CC(=N)O1. The van der Waals surface area contributed by atoms with Crippen LogP contribution in [0.15, 0.2) is 48.3 Å². The molecule has 1 aliphatic heterocycles. The molecule has 1 atom stereocenters. The lowest BCUT2D eigenvalue weighted by Gasteiger charge is -2.33. The summed E-state index contributed by atoms with van der Waals surface area (Å²) in [6, 6.07) is 10.1. The number of pyridine rings is 1. The van der Waals surface area contributed by atoms with E-state index in [0.717, 1.165) is 35.5 Å². The second-order valence-electron chi connectivity index (χ2n) is 5.95. The third kappa shape index (κ3) is 2.40. The van der Waals surface area contributed by atoms with Crippen molar-refractivity contribution in [2.24, 2.45) is 0 Å². The van der Waals surface area contributed by atoms with Gasteiger partial charge in [-0.1, -0.05) is 12.1 Å². The monoisotopic (exact) mass is 306 g/mol. The maximum atomic E-state index is 8.12. The summed E-state index contributed by atoms with van der Waals surface area (Å²) < 4.78 is 11.2. The number of aromatic nitrogens is 1. The lowest BCUT2D eigenvalue weighted by atomic mass is 9.78. The molecule has 116 valence electrons. The fourth-order valence-electron chi connectivity index (χ4n) is 3.50. The molecule has 0 bridgehead atoms. The number of benzene rings is 1. The van der Waals surface area contributed by atoms with Crippen LogP contribution in [-0.4, -0.2) is 18.0 Å². The van der Waals surface area contributed by atoms with Crippen molar-refractivity contribution in [3.05, 3.63) is 65.0 Å². The Kier molecular flexibility index (Phi) is 3.37. The summed E-state index contributed by atoms with van der Waals surface area (Å²) in [6.45, 7) is 0. The Morgan fingerprint density at radius 2 is 2.17 bits per heavy atom. The minimum atomic E-state index is 0.180. The molecule has 0 fully saturated rings. The number of fused-ring (bicyclic) bond motifs is 2. The van der Waals surface area contributed by atoms with Crippen LogP contribution in [0.1, 0.15) is 35.4 Å². The molecule has 2 aliphatic rings. The first-order chi connectivity index (χ1) is 11.3. The number of nitrogens with one attached hydrogen (secondary N) is 1. The van der Waals surface area contributed by atoms with Gasteiger partial charge in [-0.25, -0.2) is 0 Å². The van der Waals surface area contributed by atoms with Crippen molar-refractivity contribution in [3.63, 3.8) is 0 Å². The molecule has 2 heterocycles. The molecule has 0 saturated heterocycles. The van der Waals surface area contributed by atoms with Crippen molar-refractivity contribution in [2.45, 2.75) is 25.2 Å². The third-order valence-electron chi connectivity index (χ3n) is 4.64. The minimum absolute atomic E-state index is 0.180. The van der Waals surface area contributed by atoms with Crippen LogP contribution in [-0.2, 0) is 11.2 Å². The summed E-state index contributed by atoms with van der Waals surface area (Å²) in [4.78, 5) is 4.24. The Morgan fingerprint density at radius 3 is 2.96 bits per heavy atom. The van der Waals surface area contributed by atoms with E-state index in [1.165, 1.54) is 11.1 Å². The van der Waals surface area contributed by atoms with Crippen LogP contribution >= 0.6 is 0 Å². The highest BCUT2D eigenvalue weighted by molar-refractivity contribution is 5.87. The van der Waals surface area contributed by atoms with Crippen molar-refractivity contribution in [1.82, 2.24) is 4.98 Å². The smallest absolute Gasteiger partial charge is 0.188 e. The Labute approximate surface area is 135 Å². The average Bonchev–Trinajstić information content (AvgIpc) is 2.61. The van der Waals surface area contributed by atoms with E-state index in [-0.39, 0.29) is 5.92 Å². The van der Waals surface area contributed by atoms with E-state index in [1.54, 1.807) is 13.3 Å². The summed E-state index contributed by atoms with van der Waals surface area (Å²) in [5.41, 5.74) is 4.74. The summed E-state index contributed by atoms with van der Waals surface area (Å²) >= 11 is 0. The maximum Gasteiger partial charge on any atom is 0.188 e. The molecule has 4 nitrogen and oxygen atoms in total. The predicted molar refractivity (Wildman–Crippen MR) is 88.6 cm³/mol. The maximum absolute atomic E-state index is 8.12. The van der Waals surface area contributed by atoms with Crippen molar-refractivity contribution in [1.29, 1.82) is 5.41 Å². The molecule has 23 heavy (non-hydrogen) atoms. The first kappa shape index (κ1) is 14.0. The van der Waals surface area contributed by atoms with Crippen LogP contribution in [0.25, 0.3) is 5.76 Å². The number of hydrogen-bond acceptors (Lipinski definition) is 4. The average molecular weight is 306 g/mol. The molecule has 1 unspecified atom stereocenters. The Balaban J connectivity index is 1.85. The number of hydrogen-bond donors (Lipinski definition) is 1. The highest BCUT2D eigenvalue weighted by Crippen LogP contribution is 2.45. The van der Waals surface area contributed by atoms with E-state index in [4.69, 9.17) is 14.9 Å². The lowest BCUT2D eigenvalue weighted by Crippen LogP contribution is -2.23. The van der Waals surface area contributed by atoms with E-state index in [9.17, 15) is 0 Å². The molecule has 2 aromatic rings. The van der Waals surface area contributed by atoms with Crippen LogP contribution < -0.4 is 4.74 Å². The summed E-state index contributed by atoms with van der Waals surface area (Å²) in [5.74, 6) is 2.15. The minimum Gasteiger partial charge on any atom is -0.497 e. The standard InChI is InChI=1S/C19H18N2O2/c1-22-14-6-4-12-5-7-15-16(13-3-2-8-21-11-13)10-18(20)23-19(15)17(12)9-14/h2-4,6,8-9,11,16,20H,5,7,10H2,1H3. The van der Waals surface area contributed by atoms with Crippen molar-refractivity contribution < 1.29 is 9.47 Å². The van der Waals surface area contributed by atoms with E-state index >= 15 is 0 Å². The first-order valence-corrected chi connectivity index (χ1v) is 7.82. The zero-order chi connectivity index (χ0) is 15.8. The molecule has 0 radical (unpaired) electrons. The number of allylic oxidation sites excluding steroid dienone is 1. The number of ether oxygens (including phenoxy) is 2. The highest BCUT2D eigenvalue weighted by Gasteiger charge is 2.33. The predicted octanol–water partition coefficient (Wildman–Crippen LogP) is 3.93. The van der Waals surface area contributed by atoms with E-state index in [2.05, 4.69) is 17.1 Å². The second-order valence-corrected chi connectivity index (χ2v) is 5.95. The molecule has 0 amide bonds. The number of nitrogens with zero attached hydrogens (tertiary/aromatic N) is 1. The van der Waals surface area contributed by atoms with Gasteiger partial charge in [0.1, 0.15) is 11.5 Å². The highest BCUT2D eigenvalue weighted by atomic mass is 16.5. The molecule has 1 aromatic heterocycles. The van der Waals surface area contributed by atoms with Gasteiger partial charge in [-0.05, 0) is 47.7 Å². The molecule has 4 rings (SSSR count). The van der Waals surface area contributed by atoms with Crippen LogP contribution in [0.2, 0.25) is 0 Å². The Bertz CT molecular complexity index is 796. The van der Waals surface area contributed by atoms with Crippen LogP contribution in [0, 0.1) is 5.41 Å². The van der Waals surface area contributed by atoms with Gasteiger partial charge in [-0.3, -0.25) is 10.4 Å². The van der Waals surface area contributed by atoms with Crippen LogP contribution in [0.5, 0.6) is 5.75 Å². The molecule has 1 aromatic carbocycles. The van der Waals surface area contributed by atoms with E-state index in [1.807, 2.05) is 24.4 Å². The quantitative estimate of drug-likeness (QED) is 0.914. The molecule has 1 N–H and O–H groups in total. The van der Waals surface area contributed by atoms with Crippen molar-refractivity contribution >= 4 is 11.7 Å². The topological polar surface area (TPSA) is 55.2 Å². The normalized spacial score (nSPS) is 19.7. The lowest BCUT2D eigenvalue weighted by molar-refractivity contribution is 0.411. The van der Waals surface area contributed by atoms with Gasteiger partial charge < -0.3 is 9.47 Å². The number of methoxy groups -OCH3 is 1. The van der Waals surface area contributed by atoms with Gasteiger partial charge in [0.25, 0.3) is 0 Å². The van der Waals surface area contributed by atoms with Gasteiger partial charge in [0.05, 0.1) is 7.11 Å². The third-order valence-corrected chi connectivity index (χ3v) is 4.64. The zero-order valence-electron chi connectivity index (χ0n) is 13.0. The molecule has 1 aliphatic carbocycles. The summed E-state index contributed by atoms with van der Waals surface area (Å²) in [7, 11) is 1.67. The van der Waals surface area contributed by atoms with Gasteiger partial charge in [-0.2, -0.15) is 0 Å². The van der Waals surface area contributed by atoms with Crippen LogP contribution in [0.4, 0.5) is 0 Å². The van der Waals surface area contributed by atoms with Crippen LogP contribution in [0.3, 0.4) is 0 Å². The Morgan fingerprint density at radius 1 is 1.26 bits per heavy atom. The van der Waals surface area contributed by atoms with Crippen molar-refractivity contribution in [3.8, 4) is 5.75 Å². The fraction of sp³-hybridized carbons (Fsp3) is 0.263. The summed E-state index contributed by atoms with van der Waals surface area (Å²) in [6.07, 6.45) is 6.23. The van der Waals surface area contributed by atoms with Gasteiger partial charge in [0.2, 0.25) is 0 Å². The first-order valence-electron chi connectivity index (χ1n) is 7.82. The molecule has 4 heteroatoms. The van der Waals surface area contributed by atoms with E-state index in [0.29, 0.717) is 12.3 Å². The van der Waals surface area contributed by atoms with Gasteiger partial charge in [-0.15, -0.1) is 0 Å². The largest absolute Gasteiger partial charge is 0.497 e. The molecular weight excluding hydrogens is 288 g/mol. The second kappa shape index (κ2) is 5.54. The number of aryl methyl sites for hydroxylation is 1. The zero-order valence-corrected chi connectivity index (χ0v) is 13.0. The van der Waals surface area contributed by atoms with Gasteiger partial charge in [0, 0.05) is 30.3 Å². The molecule has 0 spiro atoms. The molecule has 0 saturated carbocycles. The van der Waals surface area contributed by atoms with Gasteiger partial charge >= 0.3 is 0 Å². The van der Waals surface area contributed by atoms with Crippen molar-refractivity contribution in [2.75, 3.05) is 7.11 Å². The molecular formula is C19H18N2O2. The fourth-order valence-corrected chi connectivity index (χ4v) is 3.50. The van der Waals surface area contributed by atoms with Gasteiger partial charge in [0.15, 0.2) is 5.90 Å². The number of rotatable bonds is 2. The summed E-state index contributed by atoms with van der Waals surface area (Å²) in [5, 5.41) is 8.12. The van der Waals surface area contributed by atoms with E-state index < -0.39 is 0 Å². The Hall–Kier alpha value is -2.62.